The summed E-state index contributed by atoms with van der Waals surface area (Å²) in [5.74, 6) is 0. The van der Waals surface area contributed by atoms with Crippen LogP contribution in [-0.4, -0.2) is 326 Å². The summed E-state index contributed by atoms with van der Waals surface area (Å²) in [6.45, 7) is -5.64. The Morgan fingerprint density at radius 3 is 0.896 bits per heavy atom. The van der Waals surface area contributed by atoms with Gasteiger partial charge in [-0.3, -0.25) is 0 Å². The van der Waals surface area contributed by atoms with Gasteiger partial charge < -0.3 is 154 Å². The highest BCUT2D eigenvalue weighted by Crippen LogP contribution is 2.36. The minimum Gasteiger partial charge on any atom is -0.394 e. The van der Waals surface area contributed by atoms with Crippen LogP contribution >= 0.6 is 0 Å². The van der Waals surface area contributed by atoms with Gasteiger partial charge in [0.2, 0.25) is 0 Å². The van der Waals surface area contributed by atoms with Crippen LogP contribution in [0.5, 0.6) is 0 Å². The lowest BCUT2D eigenvalue weighted by Crippen LogP contribution is -2.68. The van der Waals surface area contributed by atoms with Gasteiger partial charge in [-0.1, -0.05) is 0 Å². The molecule has 0 aromatic rings. The summed E-state index contributed by atoms with van der Waals surface area (Å²) in [4.78, 5) is 0. The van der Waals surface area contributed by atoms with Gasteiger partial charge in [-0.2, -0.15) is 0 Å². The molecule has 0 unspecified atom stereocenters. The predicted molar refractivity (Wildman–Crippen MR) is 199 cm³/mol. The van der Waals surface area contributed by atoms with E-state index in [0.717, 1.165) is 0 Å². The first kappa shape index (κ1) is 55.1. The van der Waals surface area contributed by atoms with Gasteiger partial charge in [0.15, 0.2) is 37.7 Å². The fourth-order valence-corrected chi connectivity index (χ4v) is 8.39. The molecule has 67 heavy (non-hydrogen) atoms. The SMILES string of the molecule is OC[C@H]1O[C@@H](O[C@@H]2[C@@H](O)[C@H](OC[C@H]3O[C@@H](O[C@@H]4[C@@H](O)[C@H](O[C@@H]5[C@@H](O)[C@H](O)O[C@H](CO)[C@H]5O)O[C@H](CO)[C@H]4O)[C@H](O)[C@@H](O[C@@H]4O[C@H](CO)[C@@H](O)[C@H](O)[C@H]4O)[C@@H]3O)O[C@H](CO)[C@H]2O)[C@H](O)[C@@H](O)[C@@H]1O. The van der Waals surface area contributed by atoms with Crippen LogP contribution in [0.1, 0.15) is 0 Å². The summed E-state index contributed by atoms with van der Waals surface area (Å²) in [7, 11) is 0. The highest BCUT2D eigenvalue weighted by atomic mass is 16.8. The largest absolute Gasteiger partial charge is 0.394 e. The van der Waals surface area contributed by atoms with Crippen molar-refractivity contribution in [2.45, 2.75) is 184 Å². The molecule has 31 heteroatoms. The van der Waals surface area contributed by atoms with Crippen molar-refractivity contribution in [2.24, 2.45) is 0 Å². The molecule has 6 fully saturated rings. The van der Waals surface area contributed by atoms with E-state index in [9.17, 15) is 102 Å². The average molecular weight is 991 g/mol. The zero-order chi connectivity index (χ0) is 49.3. The van der Waals surface area contributed by atoms with E-state index in [1.165, 1.54) is 0 Å². The van der Waals surface area contributed by atoms with Crippen LogP contribution in [0, 0.1) is 0 Å². The monoisotopic (exact) mass is 990 g/mol. The van der Waals surface area contributed by atoms with Crippen molar-refractivity contribution >= 4 is 0 Å². The third kappa shape index (κ3) is 11.4. The third-order valence-electron chi connectivity index (χ3n) is 12.4. The Hall–Kier alpha value is -1.24. The van der Waals surface area contributed by atoms with Crippen LogP contribution in [0.4, 0.5) is 0 Å². The summed E-state index contributed by atoms with van der Waals surface area (Å²) in [6.07, 6.45) is -58.4. The molecule has 392 valence electrons. The second kappa shape index (κ2) is 23.5. The van der Waals surface area contributed by atoms with Crippen LogP contribution in [0.3, 0.4) is 0 Å². The van der Waals surface area contributed by atoms with Gasteiger partial charge in [-0.25, -0.2) is 0 Å². The van der Waals surface area contributed by atoms with E-state index in [0.29, 0.717) is 0 Å². The molecule has 6 heterocycles. The number of hydrogen-bond acceptors (Lipinski definition) is 31. The molecule has 6 aliphatic heterocycles. The highest BCUT2D eigenvalue weighted by molar-refractivity contribution is 4.99. The van der Waals surface area contributed by atoms with Gasteiger partial charge in [0.1, 0.15) is 146 Å². The van der Waals surface area contributed by atoms with Crippen LogP contribution in [0.2, 0.25) is 0 Å². The topological polar surface area (TPSA) is 506 Å². The second-order valence-corrected chi connectivity index (χ2v) is 16.8. The van der Waals surface area contributed by atoms with E-state index >= 15 is 0 Å². The average Bonchev–Trinajstić information content (AvgIpc) is 3.31. The molecule has 0 aliphatic carbocycles. The third-order valence-corrected chi connectivity index (χ3v) is 12.4. The van der Waals surface area contributed by atoms with Crippen molar-refractivity contribution < 1.29 is 154 Å². The number of rotatable bonds is 16. The summed E-state index contributed by atoms with van der Waals surface area (Å²) in [5.41, 5.74) is 0. The van der Waals surface area contributed by atoms with Gasteiger partial charge in [-0.05, 0) is 0 Å². The Labute approximate surface area is 378 Å². The molecule has 30 atom stereocenters. The van der Waals surface area contributed by atoms with Crippen molar-refractivity contribution in [3.8, 4) is 0 Å². The van der Waals surface area contributed by atoms with Gasteiger partial charge in [0.25, 0.3) is 0 Å². The van der Waals surface area contributed by atoms with E-state index in [4.69, 9.17) is 52.1 Å². The normalized spacial score (nSPS) is 53.4. The number of ether oxygens (including phenoxy) is 11. The maximum atomic E-state index is 11.6. The molecular weight excluding hydrogens is 928 g/mol. The lowest BCUT2D eigenvalue weighted by Gasteiger charge is -2.49. The Morgan fingerprint density at radius 1 is 0.254 bits per heavy atom. The van der Waals surface area contributed by atoms with E-state index in [1.54, 1.807) is 0 Å². The van der Waals surface area contributed by atoms with E-state index in [2.05, 4.69) is 0 Å². The van der Waals surface area contributed by atoms with Gasteiger partial charge >= 0.3 is 0 Å². The summed E-state index contributed by atoms with van der Waals surface area (Å²) < 4.78 is 60.7. The maximum absolute atomic E-state index is 11.6. The van der Waals surface area contributed by atoms with Gasteiger partial charge in [0, 0.05) is 0 Å². The van der Waals surface area contributed by atoms with Crippen molar-refractivity contribution in [3.63, 3.8) is 0 Å². The van der Waals surface area contributed by atoms with Crippen LogP contribution in [0.25, 0.3) is 0 Å². The predicted octanol–water partition coefficient (Wildman–Crippen LogP) is -14.1. The highest BCUT2D eigenvalue weighted by Gasteiger charge is 2.57. The van der Waals surface area contributed by atoms with Crippen molar-refractivity contribution in [1.29, 1.82) is 0 Å². The van der Waals surface area contributed by atoms with E-state index < -0.39 is 224 Å². The lowest BCUT2D eigenvalue weighted by atomic mass is 9.95. The minimum absolute atomic E-state index is 0.872. The van der Waals surface area contributed by atoms with Crippen molar-refractivity contribution in [3.05, 3.63) is 0 Å². The molecule has 0 radical (unpaired) electrons. The molecule has 6 rings (SSSR count). The molecule has 0 amide bonds. The maximum Gasteiger partial charge on any atom is 0.187 e. The zero-order valence-electron chi connectivity index (χ0n) is 35.0. The van der Waals surface area contributed by atoms with Crippen LogP contribution in [-0.2, 0) is 52.1 Å². The Morgan fingerprint density at radius 2 is 0.522 bits per heavy atom. The quantitative estimate of drug-likeness (QED) is 0.0683. The first-order chi connectivity index (χ1) is 31.7. The first-order valence-electron chi connectivity index (χ1n) is 21.1. The van der Waals surface area contributed by atoms with Crippen molar-refractivity contribution in [2.75, 3.05) is 39.6 Å². The lowest BCUT2D eigenvalue weighted by molar-refractivity contribution is -0.393. The zero-order valence-corrected chi connectivity index (χ0v) is 35.0. The molecule has 0 aromatic heterocycles. The number of aliphatic hydroxyl groups is 20. The minimum atomic E-state index is -2.28. The molecular formula is C36H62O31. The summed E-state index contributed by atoms with van der Waals surface area (Å²) in [5, 5.41) is 211. The molecule has 0 aromatic carbocycles. The van der Waals surface area contributed by atoms with Crippen LogP contribution < -0.4 is 0 Å². The van der Waals surface area contributed by atoms with Crippen LogP contribution in [0.15, 0.2) is 0 Å². The fraction of sp³-hybridized carbons (Fsp3) is 1.00. The Kier molecular flexibility index (Phi) is 19.4. The molecule has 6 saturated heterocycles. The molecule has 6 aliphatic rings. The summed E-state index contributed by atoms with van der Waals surface area (Å²) in [6, 6.07) is 0. The smallest absolute Gasteiger partial charge is 0.187 e. The molecule has 0 bridgehead atoms. The number of hydrogen-bond donors (Lipinski definition) is 20. The number of aliphatic hydroxyl groups excluding tert-OH is 20. The summed E-state index contributed by atoms with van der Waals surface area (Å²) >= 11 is 0. The molecule has 20 N–H and O–H groups in total. The molecule has 0 spiro atoms. The fourth-order valence-electron chi connectivity index (χ4n) is 8.39. The standard InChI is InChI=1S/C36H62O31/c37-1-7-13(42)19(48)21(50)33(60-7)65-28-16(45)10(4-40)59-32(24(28)53)57-6-12-18(47)30(66-34-22(51)20(49)14(43)8(2-38)61-34)26(55)36(63-12)67-29-17(46)11(5-41)62-35(25(29)54)64-27-15(44)9(3-39)58-31(56)23(27)52/h7-56H,1-6H2/t7-,8-,9-,10-,11-,12-,13-,14-,15-,16-,17-,18-,19+,20+,21-,22-,23-,24-,25-,26-,27+,28+,29+,30+,31-,32-,33+,34+,35+,36+/m1/s1. The first-order valence-corrected chi connectivity index (χ1v) is 21.1. The Bertz CT molecular complexity index is 1510. The molecule has 0 saturated carbocycles. The van der Waals surface area contributed by atoms with E-state index in [1.807, 2.05) is 0 Å². The molecule has 31 nitrogen and oxygen atoms in total. The van der Waals surface area contributed by atoms with E-state index in [-0.39, 0.29) is 0 Å². The second-order valence-electron chi connectivity index (χ2n) is 16.8. The van der Waals surface area contributed by atoms with Crippen molar-refractivity contribution in [1.82, 2.24) is 0 Å². The van der Waals surface area contributed by atoms with Gasteiger partial charge in [-0.15, -0.1) is 0 Å². The Balaban J connectivity index is 1.24. The van der Waals surface area contributed by atoms with Gasteiger partial charge in [0.05, 0.1) is 39.6 Å².